The number of nitrogens with zero attached hydrogens (tertiary/aromatic N) is 1. The molecule has 0 aliphatic carbocycles. The number of fused-ring (bicyclic) bond motifs is 1. The molecule has 0 radical (unpaired) electrons. The van der Waals surface area contributed by atoms with E-state index >= 15 is 0 Å². The van der Waals surface area contributed by atoms with E-state index in [0.717, 1.165) is 5.56 Å². The maximum Gasteiger partial charge on any atom is 0.329 e. The standard InChI is InChI=1S/C14H19NO3/c1-3-15(4-2)14(13(16)17)9-10-18-12-8-6-5-7-11(12)14/h5-8H,3-4,9-10H2,1-2H3,(H,16,17). The zero-order valence-electron chi connectivity index (χ0n) is 10.8. The Balaban J connectivity index is 2.59. The fraction of sp³-hybridized carbons (Fsp3) is 0.500. The molecule has 1 aliphatic rings. The monoisotopic (exact) mass is 249 g/mol. The lowest BCUT2D eigenvalue weighted by Gasteiger charge is -2.43. The Morgan fingerprint density at radius 3 is 2.67 bits per heavy atom. The topological polar surface area (TPSA) is 49.8 Å². The fourth-order valence-electron chi connectivity index (χ4n) is 2.83. The molecular weight excluding hydrogens is 230 g/mol. The molecule has 4 heteroatoms. The number of hydrogen-bond donors (Lipinski definition) is 1. The summed E-state index contributed by atoms with van der Waals surface area (Å²) >= 11 is 0. The van der Waals surface area contributed by atoms with Gasteiger partial charge in [0.05, 0.1) is 6.61 Å². The first kappa shape index (κ1) is 12.9. The molecule has 1 atom stereocenters. The second-order valence-electron chi connectivity index (χ2n) is 4.43. The molecule has 4 nitrogen and oxygen atoms in total. The summed E-state index contributed by atoms with van der Waals surface area (Å²) in [4.78, 5) is 13.9. The highest BCUT2D eigenvalue weighted by Crippen LogP contribution is 2.41. The number of rotatable bonds is 4. The number of ether oxygens (including phenoxy) is 1. The number of para-hydroxylation sites is 1. The Bertz CT molecular complexity index is 442. The maximum atomic E-state index is 11.9. The number of carboxylic acids is 1. The molecule has 1 aliphatic heterocycles. The van der Waals surface area contributed by atoms with Gasteiger partial charge in [-0.15, -0.1) is 0 Å². The van der Waals surface area contributed by atoms with Gasteiger partial charge >= 0.3 is 5.97 Å². The number of hydrogen-bond acceptors (Lipinski definition) is 3. The van der Waals surface area contributed by atoms with Gasteiger partial charge in [-0.1, -0.05) is 32.0 Å². The second-order valence-corrected chi connectivity index (χ2v) is 4.43. The van der Waals surface area contributed by atoms with Crippen LogP contribution in [-0.2, 0) is 10.3 Å². The van der Waals surface area contributed by atoms with Crippen LogP contribution in [-0.4, -0.2) is 35.7 Å². The van der Waals surface area contributed by atoms with Crippen molar-refractivity contribution < 1.29 is 14.6 Å². The number of carbonyl (C=O) groups is 1. The lowest BCUT2D eigenvalue weighted by atomic mass is 9.82. The summed E-state index contributed by atoms with van der Waals surface area (Å²) < 4.78 is 5.58. The van der Waals surface area contributed by atoms with Crippen molar-refractivity contribution in [1.29, 1.82) is 0 Å². The second kappa shape index (κ2) is 4.98. The first-order valence-corrected chi connectivity index (χ1v) is 6.37. The average Bonchev–Trinajstić information content (AvgIpc) is 2.40. The van der Waals surface area contributed by atoms with Crippen molar-refractivity contribution in [2.24, 2.45) is 0 Å². The van der Waals surface area contributed by atoms with Gasteiger partial charge in [0, 0.05) is 12.0 Å². The summed E-state index contributed by atoms with van der Waals surface area (Å²) in [5, 5.41) is 9.77. The number of carboxylic acid groups (broad SMARTS) is 1. The molecule has 0 fully saturated rings. The molecule has 1 aromatic carbocycles. The first-order chi connectivity index (χ1) is 8.66. The lowest BCUT2D eigenvalue weighted by Crippen LogP contribution is -2.54. The summed E-state index contributed by atoms with van der Waals surface area (Å²) in [6.07, 6.45) is 0.487. The van der Waals surface area contributed by atoms with Crippen molar-refractivity contribution in [3.8, 4) is 5.75 Å². The SMILES string of the molecule is CCN(CC)C1(C(=O)O)CCOc2ccccc21. The molecule has 1 N–H and O–H groups in total. The van der Waals surface area contributed by atoms with Crippen molar-refractivity contribution in [2.75, 3.05) is 19.7 Å². The number of aliphatic carboxylic acids is 1. The quantitative estimate of drug-likeness (QED) is 0.887. The lowest BCUT2D eigenvalue weighted by molar-refractivity contribution is -0.154. The summed E-state index contributed by atoms with van der Waals surface area (Å²) in [7, 11) is 0. The Labute approximate surface area is 107 Å². The van der Waals surface area contributed by atoms with E-state index in [1.165, 1.54) is 0 Å². The Kier molecular flexibility index (Phi) is 3.57. The smallest absolute Gasteiger partial charge is 0.329 e. The minimum atomic E-state index is -0.946. The van der Waals surface area contributed by atoms with Gasteiger partial charge in [-0.2, -0.15) is 0 Å². The Morgan fingerprint density at radius 1 is 1.39 bits per heavy atom. The van der Waals surface area contributed by atoms with E-state index in [9.17, 15) is 9.90 Å². The molecule has 1 aromatic rings. The van der Waals surface area contributed by atoms with Gasteiger partial charge in [0.25, 0.3) is 0 Å². The summed E-state index contributed by atoms with van der Waals surface area (Å²) in [6, 6.07) is 7.45. The van der Waals surface area contributed by atoms with E-state index in [4.69, 9.17) is 4.74 Å². The summed E-state index contributed by atoms with van der Waals surface area (Å²) in [5.74, 6) is -0.0972. The van der Waals surface area contributed by atoms with E-state index in [1.54, 1.807) is 0 Å². The molecule has 1 unspecified atom stereocenters. The van der Waals surface area contributed by atoms with Crippen molar-refractivity contribution >= 4 is 5.97 Å². The summed E-state index contributed by atoms with van der Waals surface area (Å²) in [5.41, 5.74) is -0.175. The third-order valence-corrected chi connectivity index (χ3v) is 3.71. The largest absolute Gasteiger partial charge is 0.493 e. The van der Waals surface area contributed by atoms with Crippen LogP contribution in [0.3, 0.4) is 0 Å². The molecule has 1 heterocycles. The summed E-state index contributed by atoms with van der Waals surface area (Å²) in [6.45, 7) is 5.84. The molecule has 2 rings (SSSR count). The highest BCUT2D eigenvalue weighted by Gasteiger charge is 2.48. The third kappa shape index (κ3) is 1.77. The minimum absolute atomic E-state index is 0.444. The van der Waals surface area contributed by atoms with Gasteiger partial charge in [-0.3, -0.25) is 4.90 Å². The molecule has 0 spiro atoms. The van der Waals surface area contributed by atoms with Gasteiger partial charge in [0.15, 0.2) is 5.54 Å². The molecule has 0 aromatic heterocycles. The van der Waals surface area contributed by atoms with Gasteiger partial charge < -0.3 is 9.84 Å². The van der Waals surface area contributed by atoms with Crippen molar-refractivity contribution in [1.82, 2.24) is 4.90 Å². The third-order valence-electron chi connectivity index (χ3n) is 3.71. The van der Waals surface area contributed by atoms with E-state index in [1.807, 2.05) is 43.0 Å². The van der Waals surface area contributed by atoms with Crippen molar-refractivity contribution in [2.45, 2.75) is 25.8 Å². The number of benzene rings is 1. The Morgan fingerprint density at radius 2 is 2.06 bits per heavy atom. The average molecular weight is 249 g/mol. The van der Waals surface area contributed by atoms with Crippen LogP contribution in [0.5, 0.6) is 5.75 Å². The Hall–Kier alpha value is -1.55. The normalized spacial score (nSPS) is 22.4. The minimum Gasteiger partial charge on any atom is -0.493 e. The highest BCUT2D eigenvalue weighted by molar-refractivity contribution is 5.82. The van der Waals surface area contributed by atoms with E-state index < -0.39 is 11.5 Å². The van der Waals surface area contributed by atoms with E-state index in [0.29, 0.717) is 31.9 Å². The van der Waals surface area contributed by atoms with Crippen LogP contribution >= 0.6 is 0 Å². The van der Waals surface area contributed by atoms with Crippen LogP contribution in [0.25, 0.3) is 0 Å². The van der Waals surface area contributed by atoms with Gasteiger partial charge in [-0.25, -0.2) is 4.79 Å². The van der Waals surface area contributed by atoms with Crippen LogP contribution in [0.4, 0.5) is 0 Å². The fourth-order valence-corrected chi connectivity index (χ4v) is 2.83. The van der Waals surface area contributed by atoms with Crippen molar-refractivity contribution in [3.05, 3.63) is 29.8 Å². The molecule has 0 saturated heterocycles. The molecule has 98 valence electrons. The zero-order valence-corrected chi connectivity index (χ0v) is 10.8. The van der Waals surface area contributed by atoms with Gasteiger partial charge in [0.2, 0.25) is 0 Å². The highest BCUT2D eigenvalue weighted by atomic mass is 16.5. The van der Waals surface area contributed by atoms with Crippen LogP contribution in [0, 0.1) is 0 Å². The molecule has 0 bridgehead atoms. The van der Waals surface area contributed by atoms with Crippen molar-refractivity contribution in [3.63, 3.8) is 0 Å². The molecule has 0 amide bonds. The van der Waals surface area contributed by atoms with E-state index in [2.05, 4.69) is 0 Å². The maximum absolute atomic E-state index is 11.9. The van der Waals surface area contributed by atoms with Crippen LogP contribution in [0.2, 0.25) is 0 Å². The van der Waals surface area contributed by atoms with Crippen LogP contribution < -0.4 is 4.74 Å². The molecule has 18 heavy (non-hydrogen) atoms. The van der Waals surface area contributed by atoms with Gasteiger partial charge in [-0.05, 0) is 19.2 Å². The molecular formula is C14H19NO3. The van der Waals surface area contributed by atoms with E-state index in [-0.39, 0.29) is 0 Å². The predicted molar refractivity (Wildman–Crippen MR) is 68.8 cm³/mol. The van der Waals surface area contributed by atoms with Crippen LogP contribution in [0.15, 0.2) is 24.3 Å². The zero-order chi connectivity index (χ0) is 13.2. The predicted octanol–water partition coefficient (Wildman–Crippen LogP) is 2.09. The van der Waals surface area contributed by atoms with Gasteiger partial charge in [0.1, 0.15) is 5.75 Å². The first-order valence-electron chi connectivity index (χ1n) is 6.37. The molecule has 0 saturated carbocycles. The van der Waals surface area contributed by atoms with Crippen LogP contribution in [0.1, 0.15) is 25.8 Å². The number of likely N-dealkylation sites (N-methyl/N-ethyl adjacent to an activating group) is 1.